The summed E-state index contributed by atoms with van der Waals surface area (Å²) >= 11 is 0. The van der Waals surface area contributed by atoms with Crippen LogP contribution in [0, 0.1) is 11.3 Å². The van der Waals surface area contributed by atoms with Gasteiger partial charge in [0, 0.05) is 19.6 Å². The van der Waals surface area contributed by atoms with Gasteiger partial charge in [0.15, 0.2) is 0 Å². The molecule has 1 saturated heterocycles. The van der Waals surface area contributed by atoms with Crippen LogP contribution in [0.15, 0.2) is 12.1 Å². The molecule has 0 radical (unpaired) electrons. The van der Waals surface area contributed by atoms with Crippen molar-refractivity contribution in [3.63, 3.8) is 0 Å². The van der Waals surface area contributed by atoms with Crippen molar-refractivity contribution in [1.82, 2.24) is 4.90 Å². The van der Waals surface area contributed by atoms with E-state index in [0.717, 1.165) is 5.92 Å². The molecule has 0 amide bonds. The Labute approximate surface area is 144 Å². The Hall–Kier alpha value is -0.755. The predicted octanol–water partition coefficient (Wildman–Crippen LogP) is 4.07. The van der Waals surface area contributed by atoms with Crippen LogP contribution in [0.4, 0.5) is 0 Å². The van der Waals surface area contributed by atoms with Crippen molar-refractivity contribution in [3.05, 3.63) is 34.4 Å². The van der Waals surface area contributed by atoms with Crippen LogP contribution in [0.3, 0.4) is 0 Å². The number of nitrogens with zero attached hydrogens (tertiary/aromatic N) is 1. The molecular weight excluding hydrogens is 277 g/mol. The van der Waals surface area contributed by atoms with E-state index in [9.17, 15) is 0 Å². The van der Waals surface area contributed by atoms with Crippen molar-refractivity contribution >= 4 is 7.28 Å². The van der Waals surface area contributed by atoms with Crippen LogP contribution in [0.25, 0.3) is 0 Å². The van der Waals surface area contributed by atoms with Gasteiger partial charge in [0.2, 0.25) is 0 Å². The molecule has 1 fully saturated rings. The van der Waals surface area contributed by atoms with Crippen LogP contribution < -0.4 is 0 Å². The standard InChI is InChI=1S/C21H34BN/c1-5-19-18(8-7-17-9-10-22-12-20(17)19)11-16-13-23(14-16)15-21(3,4)6-2/h7-8,16,22H,5-6,9-15H2,1-4H3. The van der Waals surface area contributed by atoms with Crippen LogP contribution in [0.5, 0.6) is 0 Å². The minimum Gasteiger partial charge on any atom is -0.302 e. The summed E-state index contributed by atoms with van der Waals surface area (Å²) in [6.45, 7) is 13.4. The first-order valence-corrected chi connectivity index (χ1v) is 9.87. The van der Waals surface area contributed by atoms with E-state index in [2.05, 4.69) is 44.7 Å². The van der Waals surface area contributed by atoms with E-state index in [0.29, 0.717) is 5.41 Å². The Morgan fingerprint density at radius 2 is 2.00 bits per heavy atom. The van der Waals surface area contributed by atoms with Gasteiger partial charge >= 0.3 is 0 Å². The normalized spacial score (nSPS) is 19.1. The molecule has 2 heteroatoms. The van der Waals surface area contributed by atoms with Crippen molar-refractivity contribution in [2.45, 2.75) is 66.0 Å². The van der Waals surface area contributed by atoms with Crippen LogP contribution in [-0.4, -0.2) is 31.8 Å². The molecule has 2 aliphatic rings. The predicted molar refractivity (Wildman–Crippen MR) is 103 cm³/mol. The Kier molecular flexibility index (Phi) is 5.21. The fourth-order valence-corrected chi connectivity index (χ4v) is 4.55. The zero-order chi connectivity index (χ0) is 16.4. The molecule has 1 aromatic rings. The SMILES string of the molecule is CCc1c(CC2CN(CC(C)(C)CC)C2)ccc2c1CBCC2. The summed E-state index contributed by atoms with van der Waals surface area (Å²) in [5, 5.41) is 0. The van der Waals surface area contributed by atoms with Gasteiger partial charge in [0.1, 0.15) is 7.28 Å². The second kappa shape index (κ2) is 7.01. The number of aryl methyl sites for hydroxylation is 1. The number of benzene rings is 1. The molecule has 0 saturated carbocycles. The third-order valence-electron chi connectivity index (χ3n) is 6.25. The first kappa shape index (κ1) is 17.1. The molecule has 0 spiro atoms. The van der Waals surface area contributed by atoms with Gasteiger partial charge in [-0.1, -0.05) is 52.5 Å². The fraction of sp³-hybridized carbons (Fsp3) is 0.714. The van der Waals surface area contributed by atoms with E-state index in [1.54, 1.807) is 22.3 Å². The summed E-state index contributed by atoms with van der Waals surface area (Å²) in [6, 6.07) is 4.90. The summed E-state index contributed by atoms with van der Waals surface area (Å²) in [5.74, 6) is 0.884. The van der Waals surface area contributed by atoms with Crippen molar-refractivity contribution < 1.29 is 0 Å². The van der Waals surface area contributed by atoms with Crippen LogP contribution in [-0.2, 0) is 25.6 Å². The highest BCUT2D eigenvalue weighted by Gasteiger charge is 2.31. The maximum Gasteiger partial charge on any atom is 0.126 e. The fourth-order valence-electron chi connectivity index (χ4n) is 4.55. The zero-order valence-electron chi connectivity index (χ0n) is 15.8. The minimum absolute atomic E-state index is 0.478. The Balaban J connectivity index is 1.62. The van der Waals surface area contributed by atoms with Gasteiger partial charge < -0.3 is 4.90 Å². The molecule has 0 aliphatic carbocycles. The lowest BCUT2D eigenvalue weighted by Gasteiger charge is -2.43. The number of fused-ring (bicyclic) bond motifs is 1. The zero-order valence-corrected chi connectivity index (χ0v) is 15.8. The van der Waals surface area contributed by atoms with Gasteiger partial charge in [0.25, 0.3) is 0 Å². The average molecular weight is 311 g/mol. The molecule has 126 valence electrons. The lowest BCUT2D eigenvalue weighted by atomic mass is 9.61. The van der Waals surface area contributed by atoms with Gasteiger partial charge in [-0.15, -0.1) is 0 Å². The summed E-state index contributed by atoms with van der Waals surface area (Å²) in [5.41, 5.74) is 7.21. The van der Waals surface area contributed by atoms with E-state index in [4.69, 9.17) is 0 Å². The number of hydrogen-bond acceptors (Lipinski definition) is 1. The van der Waals surface area contributed by atoms with Gasteiger partial charge in [-0.2, -0.15) is 0 Å². The smallest absolute Gasteiger partial charge is 0.126 e. The maximum atomic E-state index is 2.66. The Morgan fingerprint density at radius 3 is 2.70 bits per heavy atom. The molecule has 23 heavy (non-hydrogen) atoms. The second-order valence-corrected chi connectivity index (χ2v) is 8.68. The molecule has 0 bridgehead atoms. The van der Waals surface area contributed by atoms with Gasteiger partial charge in [-0.25, -0.2) is 0 Å². The van der Waals surface area contributed by atoms with E-state index in [1.165, 1.54) is 65.2 Å². The summed E-state index contributed by atoms with van der Waals surface area (Å²) < 4.78 is 0. The maximum absolute atomic E-state index is 2.66. The number of likely N-dealkylation sites (tertiary alicyclic amines) is 1. The monoisotopic (exact) mass is 311 g/mol. The molecule has 2 aliphatic heterocycles. The lowest BCUT2D eigenvalue weighted by molar-refractivity contribution is 0.0571. The quantitative estimate of drug-likeness (QED) is 0.716. The molecule has 0 aromatic heterocycles. The Bertz CT molecular complexity index is 543. The first-order chi connectivity index (χ1) is 11.0. The molecule has 0 N–H and O–H groups in total. The number of rotatable bonds is 6. The summed E-state index contributed by atoms with van der Waals surface area (Å²) in [6.07, 6.45) is 7.83. The third-order valence-corrected chi connectivity index (χ3v) is 6.25. The van der Waals surface area contributed by atoms with Crippen molar-refractivity contribution in [2.75, 3.05) is 19.6 Å². The van der Waals surface area contributed by atoms with Crippen molar-refractivity contribution in [3.8, 4) is 0 Å². The molecule has 0 unspecified atom stereocenters. The van der Waals surface area contributed by atoms with E-state index < -0.39 is 0 Å². The van der Waals surface area contributed by atoms with E-state index in [1.807, 2.05) is 0 Å². The highest BCUT2D eigenvalue weighted by Crippen LogP contribution is 2.31. The third kappa shape index (κ3) is 3.84. The summed E-state index contributed by atoms with van der Waals surface area (Å²) in [4.78, 5) is 2.66. The molecule has 1 aromatic carbocycles. The van der Waals surface area contributed by atoms with Gasteiger partial charge in [-0.3, -0.25) is 0 Å². The van der Waals surface area contributed by atoms with Gasteiger partial charge in [-0.05, 0) is 59.3 Å². The molecular formula is C21H34BN. The molecule has 3 rings (SSSR count). The Morgan fingerprint density at radius 1 is 1.22 bits per heavy atom. The highest BCUT2D eigenvalue weighted by molar-refractivity contribution is 6.35. The molecule has 1 nitrogen and oxygen atoms in total. The molecule has 2 heterocycles. The van der Waals surface area contributed by atoms with E-state index in [-0.39, 0.29) is 0 Å². The minimum atomic E-state index is 0.478. The lowest BCUT2D eigenvalue weighted by Crippen LogP contribution is -2.51. The average Bonchev–Trinajstić information content (AvgIpc) is 2.52. The number of hydrogen-bond donors (Lipinski definition) is 0. The van der Waals surface area contributed by atoms with Crippen molar-refractivity contribution in [1.29, 1.82) is 0 Å². The van der Waals surface area contributed by atoms with Gasteiger partial charge in [0.05, 0.1) is 0 Å². The van der Waals surface area contributed by atoms with Crippen molar-refractivity contribution in [2.24, 2.45) is 11.3 Å². The van der Waals surface area contributed by atoms with Crippen LogP contribution in [0.1, 0.15) is 56.4 Å². The summed E-state index contributed by atoms with van der Waals surface area (Å²) in [7, 11) is 1.40. The highest BCUT2D eigenvalue weighted by atomic mass is 15.2. The largest absolute Gasteiger partial charge is 0.302 e. The second-order valence-electron chi connectivity index (χ2n) is 8.68. The topological polar surface area (TPSA) is 3.24 Å². The van der Waals surface area contributed by atoms with E-state index >= 15 is 0 Å². The van der Waals surface area contributed by atoms with Crippen LogP contribution >= 0.6 is 0 Å². The first-order valence-electron chi connectivity index (χ1n) is 9.87. The molecule has 0 atom stereocenters. The van der Waals surface area contributed by atoms with Crippen LogP contribution in [0.2, 0.25) is 6.32 Å².